The largest absolute Gasteiger partial charge is 0.0820 e. The molecule has 0 spiro atoms. The van der Waals surface area contributed by atoms with Crippen LogP contribution in [-0.4, -0.2) is 0 Å². The van der Waals surface area contributed by atoms with Gasteiger partial charge in [-0.3, -0.25) is 0 Å². The highest BCUT2D eigenvalue weighted by molar-refractivity contribution is 14.1. The first-order valence-electron chi connectivity index (χ1n) is 3.97. The highest BCUT2D eigenvalue weighted by Crippen LogP contribution is 2.31. The smallest absolute Gasteiger partial charge is 0.0673 e. The second-order valence-corrected chi connectivity index (χ2v) is 6.71. The van der Waals surface area contributed by atoms with Gasteiger partial charge in [0.2, 0.25) is 0 Å². The lowest BCUT2D eigenvalue weighted by atomic mass is 9.87. The van der Waals surface area contributed by atoms with Gasteiger partial charge in [0.05, 0.1) is 5.02 Å². The minimum absolute atomic E-state index is 0.199. The standard InChI is InChI=1S/C10H11ClI2/c1-10(2,3)6-4-7(12)9(11)8(13)5-6/h4-5H,1-3H3. The summed E-state index contributed by atoms with van der Waals surface area (Å²) in [6.45, 7) is 6.63. The molecule has 0 amide bonds. The topological polar surface area (TPSA) is 0 Å². The van der Waals surface area contributed by atoms with Gasteiger partial charge in [-0.2, -0.15) is 0 Å². The molecule has 0 atom stereocenters. The summed E-state index contributed by atoms with van der Waals surface area (Å²) in [4.78, 5) is 0. The van der Waals surface area contributed by atoms with Crippen molar-refractivity contribution in [3.8, 4) is 0 Å². The maximum atomic E-state index is 6.08. The summed E-state index contributed by atoms with van der Waals surface area (Å²) in [7, 11) is 0. The molecule has 0 bridgehead atoms. The molecule has 13 heavy (non-hydrogen) atoms. The van der Waals surface area contributed by atoms with Gasteiger partial charge >= 0.3 is 0 Å². The summed E-state index contributed by atoms with van der Waals surface area (Å²) in [5.41, 5.74) is 1.54. The Kier molecular flexibility index (Phi) is 3.91. The molecule has 0 aliphatic carbocycles. The SMILES string of the molecule is CC(C)(C)c1cc(I)c(Cl)c(I)c1. The molecule has 0 aliphatic rings. The van der Waals surface area contributed by atoms with Crippen molar-refractivity contribution in [2.75, 3.05) is 0 Å². The van der Waals surface area contributed by atoms with Crippen LogP contribution in [0.4, 0.5) is 0 Å². The van der Waals surface area contributed by atoms with E-state index >= 15 is 0 Å². The van der Waals surface area contributed by atoms with Crippen molar-refractivity contribution in [2.24, 2.45) is 0 Å². The van der Waals surface area contributed by atoms with Crippen LogP contribution in [0.15, 0.2) is 12.1 Å². The van der Waals surface area contributed by atoms with Crippen LogP contribution < -0.4 is 0 Å². The molecule has 1 rings (SSSR count). The third kappa shape index (κ3) is 2.96. The summed E-state index contributed by atoms with van der Waals surface area (Å²) < 4.78 is 2.27. The number of hydrogen-bond donors (Lipinski definition) is 0. The van der Waals surface area contributed by atoms with E-state index in [1.54, 1.807) is 0 Å². The first-order valence-corrected chi connectivity index (χ1v) is 6.51. The third-order valence-corrected chi connectivity index (χ3v) is 4.60. The number of hydrogen-bond acceptors (Lipinski definition) is 0. The molecule has 0 N–H and O–H groups in total. The Morgan fingerprint density at radius 3 is 1.77 bits per heavy atom. The number of rotatable bonds is 0. The van der Waals surface area contributed by atoms with Gasteiger partial charge < -0.3 is 0 Å². The van der Waals surface area contributed by atoms with E-state index in [4.69, 9.17) is 11.6 Å². The first kappa shape index (κ1) is 12.0. The molecule has 0 heterocycles. The van der Waals surface area contributed by atoms with E-state index in [0.717, 1.165) is 12.2 Å². The van der Waals surface area contributed by atoms with E-state index in [1.165, 1.54) is 5.56 Å². The minimum atomic E-state index is 0.199. The van der Waals surface area contributed by atoms with E-state index in [2.05, 4.69) is 78.1 Å². The predicted octanol–water partition coefficient (Wildman–Crippen LogP) is 4.85. The van der Waals surface area contributed by atoms with Crippen LogP contribution in [0.1, 0.15) is 26.3 Å². The molecule has 0 saturated carbocycles. The lowest BCUT2D eigenvalue weighted by Crippen LogP contribution is -2.11. The fraction of sp³-hybridized carbons (Fsp3) is 0.400. The Bertz CT molecular complexity index is 303. The van der Waals surface area contributed by atoms with Crippen molar-refractivity contribution in [3.05, 3.63) is 29.9 Å². The average molecular weight is 420 g/mol. The molecule has 1 aromatic rings. The minimum Gasteiger partial charge on any atom is -0.0820 e. The quantitative estimate of drug-likeness (QED) is 0.416. The van der Waals surface area contributed by atoms with Crippen molar-refractivity contribution < 1.29 is 0 Å². The fourth-order valence-electron chi connectivity index (χ4n) is 0.989. The van der Waals surface area contributed by atoms with Crippen LogP contribution in [-0.2, 0) is 5.41 Å². The van der Waals surface area contributed by atoms with Crippen LogP contribution in [0.25, 0.3) is 0 Å². The van der Waals surface area contributed by atoms with Crippen LogP contribution in [0.2, 0.25) is 5.02 Å². The Hall–Kier alpha value is 0.970. The Balaban J connectivity index is 3.29. The van der Waals surface area contributed by atoms with Crippen molar-refractivity contribution in [3.63, 3.8) is 0 Å². The molecular formula is C10H11ClI2. The van der Waals surface area contributed by atoms with Gasteiger partial charge in [0.1, 0.15) is 0 Å². The number of halogens is 3. The van der Waals surface area contributed by atoms with Crippen LogP contribution in [0, 0.1) is 7.14 Å². The van der Waals surface area contributed by atoms with Gasteiger partial charge in [-0.05, 0) is 68.3 Å². The lowest BCUT2D eigenvalue weighted by molar-refractivity contribution is 0.589. The van der Waals surface area contributed by atoms with E-state index in [-0.39, 0.29) is 5.41 Å². The molecule has 0 saturated heterocycles. The highest BCUT2D eigenvalue weighted by Gasteiger charge is 2.16. The summed E-state index contributed by atoms with van der Waals surface area (Å²) >= 11 is 10.6. The van der Waals surface area contributed by atoms with E-state index in [9.17, 15) is 0 Å². The molecule has 3 heteroatoms. The van der Waals surface area contributed by atoms with Crippen molar-refractivity contribution >= 4 is 56.8 Å². The van der Waals surface area contributed by atoms with Gasteiger partial charge in [-0.1, -0.05) is 32.4 Å². The normalized spacial score (nSPS) is 11.8. The average Bonchev–Trinajstić information content (AvgIpc) is 1.97. The third-order valence-electron chi connectivity index (χ3n) is 1.85. The summed E-state index contributed by atoms with van der Waals surface area (Å²) in [5.74, 6) is 0. The Morgan fingerprint density at radius 1 is 1.08 bits per heavy atom. The van der Waals surface area contributed by atoms with Crippen molar-refractivity contribution in [2.45, 2.75) is 26.2 Å². The first-order chi connectivity index (χ1) is 5.82. The second-order valence-electron chi connectivity index (χ2n) is 4.00. The van der Waals surface area contributed by atoms with Crippen molar-refractivity contribution in [1.82, 2.24) is 0 Å². The van der Waals surface area contributed by atoms with Gasteiger partial charge in [0.15, 0.2) is 0 Å². The van der Waals surface area contributed by atoms with Gasteiger partial charge in [0.25, 0.3) is 0 Å². The zero-order chi connectivity index (χ0) is 10.2. The maximum Gasteiger partial charge on any atom is 0.0673 e. The molecular weight excluding hydrogens is 409 g/mol. The van der Waals surface area contributed by atoms with Gasteiger partial charge in [0, 0.05) is 7.14 Å². The second kappa shape index (κ2) is 4.23. The van der Waals surface area contributed by atoms with E-state index in [0.29, 0.717) is 0 Å². The van der Waals surface area contributed by atoms with E-state index < -0.39 is 0 Å². The van der Waals surface area contributed by atoms with Crippen LogP contribution in [0.5, 0.6) is 0 Å². The molecule has 0 radical (unpaired) electrons. The molecule has 0 fully saturated rings. The Labute approximate surface area is 112 Å². The zero-order valence-electron chi connectivity index (χ0n) is 7.79. The molecule has 0 unspecified atom stereocenters. The molecule has 0 aromatic heterocycles. The monoisotopic (exact) mass is 420 g/mol. The predicted molar refractivity (Wildman–Crippen MR) is 75.6 cm³/mol. The van der Waals surface area contributed by atoms with E-state index in [1.807, 2.05) is 0 Å². The zero-order valence-corrected chi connectivity index (χ0v) is 12.9. The lowest BCUT2D eigenvalue weighted by Gasteiger charge is -2.20. The summed E-state index contributed by atoms with van der Waals surface area (Å²) in [6.07, 6.45) is 0. The van der Waals surface area contributed by atoms with Crippen LogP contribution in [0.3, 0.4) is 0 Å². The number of benzene rings is 1. The summed E-state index contributed by atoms with van der Waals surface area (Å²) in [5, 5.41) is 0.870. The van der Waals surface area contributed by atoms with Gasteiger partial charge in [-0.25, -0.2) is 0 Å². The molecule has 72 valence electrons. The Morgan fingerprint density at radius 2 is 1.46 bits per heavy atom. The van der Waals surface area contributed by atoms with Crippen LogP contribution >= 0.6 is 56.8 Å². The maximum absolute atomic E-state index is 6.08. The highest BCUT2D eigenvalue weighted by atomic mass is 127. The molecule has 0 nitrogen and oxygen atoms in total. The fourth-order valence-corrected chi connectivity index (χ4v) is 2.87. The van der Waals surface area contributed by atoms with Gasteiger partial charge in [-0.15, -0.1) is 0 Å². The molecule has 1 aromatic carbocycles. The summed E-state index contributed by atoms with van der Waals surface area (Å²) in [6, 6.07) is 4.32. The molecule has 0 aliphatic heterocycles. The van der Waals surface area contributed by atoms with Crippen molar-refractivity contribution in [1.29, 1.82) is 0 Å².